The molecule has 0 bridgehead atoms. The lowest BCUT2D eigenvalue weighted by molar-refractivity contribution is -0.144. The minimum atomic E-state index is -0.331. The molecular formula is C16H28N2O2S. The number of carbonyl (C=O) groups is 2. The molecule has 2 amide bonds. The summed E-state index contributed by atoms with van der Waals surface area (Å²) < 4.78 is 0. The smallest absolute Gasteiger partial charge is 0.229 e. The summed E-state index contributed by atoms with van der Waals surface area (Å²) in [6, 6.07) is 0. The number of piperidine rings is 1. The zero-order valence-corrected chi connectivity index (χ0v) is 14.8. The summed E-state index contributed by atoms with van der Waals surface area (Å²) in [7, 11) is 0. The van der Waals surface area contributed by atoms with Crippen LogP contribution >= 0.6 is 11.8 Å². The van der Waals surface area contributed by atoms with Crippen molar-refractivity contribution in [2.75, 3.05) is 25.4 Å². The number of rotatable bonds is 1. The highest BCUT2D eigenvalue weighted by Crippen LogP contribution is 2.45. The molecule has 0 unspecified atom stereocenters. The standard InChI is InChI=1S/C16H28N2O2S/c1-12(2)13(19)17-8-6-16(7-9-17)18(10-11-21-16)14(20)15(3,4)5/h12H,6-11H2,1-5H3. The van der Waals surface area contributed by atoms with E-state index in [-0.39, 0.29) is 28.0 Å². The van der Waals surface area contributed by atoms with Gasteiger partial charge in [0.05, 0.1) is 4.87 Å². The maximum absolute atomic E-state index is 12.7. The van der Waals surface area contributed by atoms with E-state index in [0.717, 1.165) is 38.2 Å². The molecule has 0 atom stereocenters. The second-order valence-corrected chi connectivity index (χ2v) is 8.94. The Bertz CT molecular complexity index is 420. The Balaban J connectivity index is 2.07. The van der Waals surface area contributed by atoms with Crippen LogP contribution in [-0.2, 0) is 9.59 Å². The fraction of sp³-hybridized carbons (Fsp3) is 0.875. The van der Waals surface area contributed by atoms with E-state index in [2.05, 4.69) is 4.90 Å². The average molecular weight is 312 g/mol. The number of likely N-dealkylation sites (tertiary alicyclic amines) is 1. The second-order valence-electron chi connectivity index (χ2n) is 7.48. The first-order chi connectivity index (χ1) is 9.67. The first-order valence-electron chi connectivity index (χ1n) is 7.92. The van der Waals surface area contributed by atoms with Crippen LogP contribution in [0.2, 0.25) is 0 Å². The third kappa shape index (κ3) is 3.22. The lowest BCUT2D eigenvalue weighted by atomic mass is 9.92. The van der Waals surface area contributed by atoms with Crippen molar-refractivity contribution >= 4 is 23.6 Å². The van der Waals surface area contributed by atoms with Gasteiger partial charge in [0.15, 0.2) is 0 Å². The zero-order valence-electron chi connectivity index (χ0n) is 13.9. The highest BCUT2D eigenvalue weighted by atomic mass is 32.2. The summed E-state index contributed by atoms with van der Waals surface area (Å²) in [6.07, 6.45) is 1.80. The molecule has 0 saturated carbocycles. The minimum absolute atomic E-state index is 0.0580. The van der Waals surface area contributed by atoms with Gasteiger partial charge >= 0.3 is 0 Å². The Hall–Kier alpha value is -0.710. The molecule has 0 aromatic heterocycles. The Labute approximate surface area is 132 Å². The van der Waals surface area contributed by atoms with Crippen LogP contribution in [0.1, 0.15) is 47.5 Å². The molecule has 4 nitrogen and oxygen atoms in total. The molecule has 0 N–H and O–H groups in total. The summed E-state index contributed by atoms with van der Waals surface area (Å²) in [5, 5.41) is 0. The van der Waals surface area contributed by atoms with Crippen molar-refractivity contribution in [3.63, 3.8) is 0 Å². The number of nitrogens with zero attached hydrogens (tertiary/aromatic N) is 2. The van der Waals surface area contributed by atoms with Crippen LogP contribution in [0.25, 0.3) is 0 Å². The van der Waals surface area contributed by atoms with Crippen LogP contribution in [0.15, 0.2) is 0 Å². The molecule has 2 saturated heterocycles. The molecule has 5 heteroatoms. The quantitative estimate of drug-likeness (QED) is 0.747. The van der Waals surface area contributed by atoms with Crippen molar-refractivity contribution in [3.05, 3.63) is 0 Å². The van der Waals surface area contributed by atoms with E-state index in [0.29, 0.717) is 0 Å². The number of thioether (sulfide) groups is 1. The van der Waals surface area contributed by atoms with E-state index in [1.165, 1.54) is 0 Å². The van der Waals surface area contributed by atoms with Gasteiger partial charge in [0.25, 0.3) is 0 Å². The van der Waals surface area contributed by atoms with Crippen molar-refractivity contribution < 1.29 is 9.59 Å². The van der Waals surface area contributed by atoms with Gasteiger partial charge in [-0.25, -0.2) is 0 Å². The third-order valence-electron chi connectivity index (χ3n) is 4.41. The monoisotopic (exact) mass is 312 g/mol. The molecule has 0 aromatic rings. The fourth-order valence-corrected chi connectivity index (χ4v) is 4.61. The van der Waals surface area contributed by atoms with Crippen molar-refractivity contribution in [1.29, 1.82) is 0 Å². The first kappa shape index (κ1) is 16.7. The maximum Gasteiger partial charge on any atom is 0.229 e. The van der Waals surface area contributed by atoms with Crippen LogP contribution in [0.3, 0.4) is 0 Å². The topological polar surface area (TPSA) is 40.6 Å². The third-order valence-corrected chi connectivity index (χ3v) is 5.97. The van der Waals surface area contributed by atoms with Crippen LogP contribution in [0, 0.1) is 11.3 Å². The van der Waals surface area contributed by atoms with Crippen LogP contribution in [0.5, 0.6) is 0 Å². The summed E-state index contributed by atoms with van der Waals surface area (Å²) in [4.78, 5) is 28.8. The predicted octanol–water partition coefficient (Wildman–Crippen LogP) is 2.58. The molecule has 0 aromatic carbocycles. The molecule has 2 aliphatic heterocycles. The van der Waals surface area contributed by atoms with Gasteiger partial charge in [-0.05, 0) is 12.8 Å². The van der Waals surface area contributed by atoms with Crippen LogP contribution in [0.4, 0.5) is 0 Å². The summed E-state index contributed by atoms with van der Waals surface area (Å²) >= 11 is 1.91. The predicted molar refractivity (Wildman–Crippen MR) is 87.0 cm³/mol. The van der Waals surface area contributed by atoms with Gasteiger partial charge in [-0.1, -0.05) is 34.6 Å². The molecule has 1 spiro atoms. The van der Waals surface area contributed by atoms with Crippen LogP contribution < -0.4 is 0 Å². The Morgan fingerprint density at radius 3 is 2.14 bits per heavy atom. The summed E-state index contributed by atoms with van der Waals surface area (Å²) in [6.45, 7) is 12.3. The van der Waals surface area contributed by atoms with Crippen molar-refractivity contribution in [2.45, 2.75) is 52.3 Å². The largest absolute Gasteiger partial charge is 0.342 e. The number of hydrogen-bond donors (Lipinski definition) is 0. The molecular weight excluding hydrogens is 284 g/mol. The number of hydrogen-bond acceptors (Lipinski definition) is 3. The highest BCUT2D eigenvalue weighted by molar-refractivity contribution is 8.00. The summed E-state index contributed by atoms with van der Waals surface area (Å²) in [5.41, 5.74) is -0.331. The zero-order chi connectivity index (χ0) is 15.8. The van der Waals surface area contributed by atoms with Gasteiger partial charge in [-0.3, -0.25) is 9.59 Å². The molecule has 21 heavy (non-hydrogen) atoms. The van der Waals surface area contributed by atoms with Gasteiger partial charge in [0, 0.05) is 36.7 Å². The first-order valence-corrected chi connectivity index (χ1v) is 8.91. The fourth-order valence-electron chi connectivity index (χ4n) is 3.16. The molecule has 0 aliphatic carbocycles. The molecule has 120 valence electrons. The lowest BCUT2D eigenvalue weighted by Gasteiger charge is -2.46. The highest BCUT2D eigenvalue weighted by Gasteiger charge is 2.48. The van der Waals surface area contributed by atoms with Crippen LogP contribution in [-0.4, -0.2) is 51.9 Å². The van der Waals surface area contributed by atoms with Gasteiger partial charge in [0.2, 0.25) is 11.8 Å². The van der Waals surface area contributed by atoms with E-state index in [9.17, 15) is 9.59 Å². The van der Waals surface area contributed by atoms with E-state index >= 15 is 0 Å². The van der Waals surface area contributed by atoms with Gasteiger partial charge in [-0.15, -0.1) is 11.8 Å². The van der Waals surface area contributed by atoms with E-state index in [1.54, 1.807) is 0 Å². The Kier molecular flexibility index (Phi) is 4.62. The molecule has 2 heterocycles. The molecule has 2 fully saturated rings. The minimum Gasteiger partial charge on any atom is -0.342 e. The van der Waals surface area contributed by atoms with Crippen molar-refractivity contribution in [3.8, 4) is 0 Å². The van der Waals surface area contributed by atoms with Gasteiger partial charge in [0.1, 0.15) is 0 Å². The Morgan fingerprint density at radius 2 is 1.67 bits per heavy atom. The average Bonchev–Trinajstić information content (AvgIpc) is 2.80. The molecule has 2 rings (SSSR count). The number of carbonyl (C=O) groups excluding carboxylic acids is 2. The normalized spacial score (nSPS) is 22.2. The van der Waals surface area contributed by atoms with Crippen molar-refractivity contribution in [2.24, 2.45) is 11.3 Å². The van der Waals surface area contributed by atoms with Gasteiger partial charge < -0.3 is 9.80 Å². The van der Waals surface area contributed by atoms with Crippen molar-refractivity contribution in [1.82, 2.24) is 9.80 Å². The maximum atomic E-state index is 12.7. The lowest BCUT2D eigenvalue weighted by Crippen LogP contribution is -2.56. The Morgan fingerprint density at radius 1 is 1.10 bits per heavy atom. The molecule has 0 radical (unpaired) electrons. The van der Waals surface area contributed by atoms with E-state index in [1.807, 2.05) is 51.3 Å². The van der Waals surface area contributed by atoms with E-state index < -0.39 is 0 Å². The number of amides is 2. The summed E-state index contributed by atoms with van der Waals surface area (Å²) in [5.74, 6) is 1.56. The SMILES string of the molecule is CC(C)C(=O)N1CCC2(CC1)SCCN2C(=O)C(C)(C)C. The van der Waals surface area contributed by atoms with E-state index in [4.69, 9.17) is 0 Å². The molecule has 2 aliphatic rings. The second kappa shape index (κ2) is 5.82. The van der Waals surface area contributed by atoms with Gasteiger partial charge in [-0.2, -0.15) is 0 Å².